The van der Waals surface area contributed by atoms with Gasteiger partial charge in [0.25, 0.3) is 0 Å². The fraction of sp³-hybridized carbons (Fsp3) is 0.529. The summed E-state index contributed by atoms with van der Waals surface area (Å²) in [5, 5.41) is 5.08. The lowest BCUT2D eigenvalue weighted by atomic mass is 9.85. The van der Waals surface area contributed by atoms with Crippen LogP contribution in [0.15, 0.2) is 18.2 Å². The maximum atomic E-state index is 13.6. The van der Waals surface area contributed by atoms with Gasteiger partial charge in [0.15, 0.2) is 0 Å². The zero-order valence-corrected chi connectivity index (χ0v) is 13.4. The number of halogens is 1. The Morgan fingerprint density at radius 1 is 1.26 bits per heavy atom. The Morgan fingerprint density at radius 3 is 2.61 bits per heavy atom. The fourth-order valence-corrected chi connectivity index (χ4v) is 3.01. The number of carbonyl (C=O) groups excluding carboxylic acids is 2. The van der Waals surface area contributed by atoms with E-state index in [9.17, 15) is 14.0 Å². The van der Waals surface area contributed by atoms with Gasteiger partial charge in [0.1, 0.15) is 5.82 Å². The predicted octanol–water partition coefficient (Wildman–Crippen LogP) is 3.02. The molecule has 2 amide bonds. The van der Waals surface area contributed by atoms with Crippen LogP contribution in [0.1, 0.15) is 45.4 Å². The van der Waals surface area contributed by atoms with Crippen molar-refractivity contribution in [2.75, 3.05) is 10.6 Å². The molecule has 1 atom stereocenters. The van der Waals surface area contributed by atoms with Crippen LogP contribution >= 0.6 is 0 Å². The monoisotopic (exact) mass is 321 g/mol. The molecule has 5 nitrogen and oxygen atoms in total. The number of hydrogen-bond donors (Lipinski definition) is 3. The van der Waals surface area contributed by atoms with Crippen LogP contribution < -0.4 is 16.4 Å². The number of hydrogen-bond acceptors (Lipinski definition) is 3. The van der Waals surface area contributed by atoms with Crippen molar-refractivity contribution >= 4 is 23.2 Å². The van der Waals surface area contributed by atoms with Crippen LogP contribution in [0.5, 0.6) is 0 Å². The summed E-state index contributed by atoms with van der Waals surface area (Å²) < 4.78 is 13.6. The number of rotatable bonds is 5. The van der Waals surface area contributed by atoms with E-state index in [0.29, 0.717) is 18.0 Å². The summed E-state index contributed by atoms with van der Waals surface area (Å²) in [6.45, 7) is 1.30. The molecule has 1 saturated carbocycles. The molecule has 6 heteroatoms. The van der Waals surface area contributed by atoms with Gasteiger partial charge >= 0.3 is 0 Å². The maximum Gasteiger partial charge on any atom is 0.241 e. The first-order valence-electron chi connectivity index (χ1n) is 8.09. The third-order valence-electron chi connectivity index (χ3n) is 4.19. The number of carbonyl (C=O) groups is 2. The van der Waals surface area contributed by atoms with Gasteiger partial charge in [0, 0.05) is 12.6 Å². The Hall–Kier alpha value is -1.95. The van der Waals surface area contributed by atoms with Crippen molar-refractivity contribution in [3.05, 3.63) is 24.0 Å². The Balaban J connectivity index is 1.94. The third-order valence-corrected chi connectivity index (χ3v) is 4.19. The second-order valence-corrected chi connectivity index (χ2v) is 6.21. The van der Waals surface area contributed by atoms with E-state index in [2.05, 4.69) is 10.6 Å². The van der Waals surface area contributed by atoms with E-state index >= 15 is 0 Å². The van der Waals surface area contributed by atoms with E-state index in [1.165, 1.54) is 44.4 Å². The molecule has 1 aromatic carbocycles. The number of benzene rings is 1. The van der Waals surface area contributed by atoms with E-state index in [1.807, 2.05) is 0 Å². The molecule has 0 radical (unpaired) electrons. The van der Waals surface area contributed by atoms with Crippen LogP contribution in [0.4, 0.5) is 15.8 Å². The minimum Gasteiger partial charge on any atom is -0.325 e. The molecule has 126 valence electrons. The Morgan fingerprint density at radius 2 is 1.96 bits per heavy atom. The average Bonchev–Trinajstić information content (AvgIpc) is 2.51. The SMILES string of the molecule is CC(=O)Nc1cc(NC(=O)C(N)CC2CCCCC2)ccc1F. The molecular weight excluding hydrogens is 297 g/mol. The molecule has 1 fully saturated rings. The number of nitrogens with one attached hydrogen (secondary N) is 2. The number of nitrogens with two attached hydrogens (primary N) is 1. The molecule has 0 spiro atoms. The van der Waals surface area contributed by atoms with Gasteiger partial charge in [0.2, 0.25) is 11.8 Å². The van der Waals surface area contributed by atoms with Gasteiger partial charge < -0.3 is 16.4 Å². The maximum absolute atomic E-state index is 13.6. The molecule has 0 heterocycles. The van der Waals surface area contributed by atoms with Gasteiger partial charge in [-0.05, 0) is 30.5 Å². The molecule has 1 aliphatic carbocycles. The van der Waals surface area contributed by atoms with Gasteiger partial charge in [-0.1, -0.05) is 32.1 Å². The summed E-state index contributed by atoms with van der Waals surface area (Å²) in [7, 11) is 0. The summed E-state index contributed by atoms with van der Waals surface area (Å²) in [5.41, 5.74) is 6.44. The molecule has 1 aromatic rings. The van der Waals surface area contributed by atoms with Gasteiger partial charge in [-0.15, -0.1) is 0 Å². The van der Waals surface area contributed by atoms with Crippen LogP contribution in [0.25, 0.3) is 0 Å². The second-order valence-electron chi connectivity index (χ2n) is 6.21. The lowest BCUT2D eigenvalue weighted by Crippen LogP contribution is -2.37. The summed E-state index contributed by atoms with van der Waals surface area (Å²) in [6, 6.07) is 3.47. The molecule has 1 aliphatic rings. The van der Waals surface area contributed by atoms with Crippen LogP contribution in [0, 0.1) is 11.7 Å². The quantitative estimate of drug-likeness (QED) is 0.779. The van der Waals surface area contributed by atoms with Gasteiger partial charge in [0.05, 0.1) is 11.7 Å². The van der Waals surface area contributed by atoms with Crippen molar-refractivity contribution in [3.63, 3.8) is 0 Å². The molecule has 0 aromatic heterocycles. The summed E-state index contributed by atoms with van der Waals surface area (Å²) >= 11 is 0. The predicted molar refractivity (Wildman–Crippen MR) is 88.5 cm³/mol. The Bertz CT molecular complexity index is 571. The minimum atomic E-state index is -0.577. The zero-order chi connectivity index (χ0) is 16.8. The lowest BCUT2D eigenvalue weighted by Gasteiger charge is -2.24. The first-order valence-corrected chi connectivity index (χ1v) is 8.09. The van der Waals surface area contributed by atoms with Crippen LogP contribution in [-0.4, -0.2) is 17.9 Å². The Labute approximate surface area is 135 Å². The van der Waals surface area contributed by atoms with E-state index in [0.717, 1.165) is 12.8 Å². The van der Waals surface area contributed by atoms with Gasteiger partial charge in [-0.2, -0.15) is 0 Å². The molecule has 1 unspecified atom stereocenters. The first kappa shape index (κ1) is 17.4. The molecule has 0 aliphatic heterocycles. The summed E-state index contributed by atoms with van der Waals surface area (Å²) in [4.78, 5) is 23.2. The van der Waals surface area contributed by atoms with Crippen molar-refractivity contribution in [1.29, 1.82) is 0 Å². The normalized spacial score (nSPS) is 16.7. The largest absolute Gasteiger partial charge is 0.325 e. The van der Waals surface area contributed by atoms with Crippen molar-refractivity contribution in [2.24, 2.45) is 11.7 Å². The van der Waals surface area contributed by atoms with Crippen LogP contribution in [0.3, 0.4) is 0 Å². The highest BCUT2D eigenvalue weighted by Gasteiger charge is 2.21. The van der Waals surface area contributed by atoms with E-state index in [-0.39, 0.29) is 17.5 Å². The van der Waals surface area contributed by atoms with E-state index in [1.54, 1.807) is 0 Å². The third kappa shape index (κ3) is 5.32. The minimum absolute atomic E-state index is 0.0381. The van der Waals surface area contributed by atoms with Crippen molar-refractivity contribution < 1.29 is 14.0 Å². The van der Waals surface area contributed by atoms with Crippen LogP contribution in [0.2, 0.25) is 0 Å². The summed E-state index contributed by atoms with van der Waals surface area (Å²) in [6.07, 6.45) is 6.60. The second kappa shape index (κ2) is 8.06. The highest BCUT2D eigenvalue weighted by Crippen LogP contribution is 2.27. The van der Waals surface area contributed by atoms with Crippen molar-refractivity contribution in [3.8, 4) is 0 Å². The smallest absolute Gasteiger partial charge is 0.241 e. The van der Waals surface area contributed by atoms with Crippen molar-refractivity contribution in [2.45, 2.75) is 51.5 Å². The van der Waals surface area contributed by atoms with Gasteiger partial charge in [-0.25, -0.2) is 4.39 Å². The van der Waals surface area contributed by atoms with E-state index < -0.39 is 11.9 Å². The lowest BCUT2D eigenvalue weighted by molar-refractivity contribution is -0.118. The number of anilines is 2. The van der Waals surface area contributed by atoms with Crippen molar-refractivity contribution in [1.82, 2.24) is 0 Å². The molecule has 0 bridgehead atoms. The zero-order valence-electron chi connectivity index (χ0n) is 13.4. The number of amides is 2. The fourth-order valence-electron chi connectivity index (χ4n) is 3.01. The first-order chi connectivity index (χ1) is 11.0. The van der Waals surface area contributed by atoms with Gasteiger partial charge in [-0.3, -0.25) is 9.59 Å². The summed E-state index contributed by atoms with van der Waals surface area (Å²) in [5.74, 6) is -0.699. The highest BCUT2D eigenvalue weighted by molar-refractivity contribution is 5.96. The average molecular weight is 321 g/mol. The Kier molecular flexibility index (Phi) is 6.10. The topological polar surface area (TPSA) is 84.2 Å². The molecular formula is C17H24FN3O2. The molecule has 23 heavy (non-hydrogen) atoms. The standard InChI is InChI=1S/C17H24FN3O2/c1-11(22)20-16-10-13(7-8-14(16)18)21-17(23)15(19)9-12-5-3-2-4-6-12/h7-8,10,12,15H,2-6,9,19H2,1H3,(H,20,22)(H,21,23). The molecule has 0 saturated heterocycles. The molecule has 2 rings (SSSR count). The van der Waals surface area contributed by atoms with Crippen LogP contribution in [-0.2, 0) is 9.59 Å². The molecule has 4 N–H and O–H groups in total. The van der Waals surface area contributed by atoms with E-state index in [4.69, 9.17) is 5.73 Å². The highest BCUT2D eigenvalue weighted by atomic mass is 19.1.